The first-order chi connectivity index (χ1) is 16.4. The van der Waals surface area contributed by atoms with Crippen LogP contribution < -0.4 is 16.4 Å². The minimum atomic E-state index is -0.289. The Bertz CT molecular complexity index is 1190. The maximum atomic E-state index is 11.7. The number of hydrogen-bond donors (Lipinski definition) is 4. The van der Waals surface area contributed by atoms with Gasteiger partial charge < -0.3 is 21.5 Å². The van der Waals surface area contributed by atoms with Crippen molar-refractivity contribution in [2.75, 3.05) is 10.6 Å². The zero-order valence-electron chi connectivity index (χ0n) is 18.5. The van der Waals surface area contributed by atoms with Gasteiger partial charge in [0.2, 0.25) is 17.8 Å². The highest BCUT2D eigenvalue weighted by Crippen LogP contribution is 2.39. The number of carbonyl (C=O) groups excluding carboxylic acids is 1. The summed E-state index contributed by atoms with van der Waals surface area (Å²) < 4.78 is 2.06. The Morgan fingerprint density at radius 1 is 1.09 bits per heavy atom. The Hall–Kier alpha value is -2.62. The van der Waals surface area contributed by atoms with Gasteiger partial charge in [-0.25, -0.2) is 9.97 Å². The second kappa shape index (κ2) is 9.56. The summed E-state index contributed by atoms with van der Waals surface area (Å²) in [5.74, 6) is 0.708. The Kier molecular flexibility index (Phi) is 6.50. The molecule has 2 aliphatic carbocycles. The van der Waals surface area contributed by atoms with Crippen LogP contribution >= 0.6 is 23.2 Å². The molecule has 5 N–H and O–H groups in total. The lowest BCUT2D eigenvalue weighted by atomic mass is 9.85. The van der Waals surface area contributed by atoms with Gasteiger partial charge in [-0.1, -0.05) is 29.3 Å². The first kappa shape index (κ1) is 23.1. The van der Waals surface area contributed by atoms with E-state index in [4.69, 9.17) is 38.9 Å². The topological polar surface area (TPSA) is 131 Å². The van der Waals surface area contributed by atoms with Crippen LogP contribution in [-0.2, 0) is 4.79 Å². The van der Waals surface area contributed by atoms with Crippen molar-refractivity contribution in [1.82, 2.24) is 19.5 Å². The first-order valence-electron chi connectivity index (χ1n) is 11.6. The molecule has 0 spiro atoms. The van der Waals surface area contributed by atoms with E-state index in [-0.39, 0.29) is 30.0 Å². The van der Waals surface area contributed by atoms with Gasteiger partial charge in [0, 0.05) is 18.0 Å². The predicted molar refractivity (Wildman–Crippen MR) is 133 cm³/mol. The number of aliphatic hydroxyl groups excluding tert-OH is 1. The molecule has 2 aliphatic rings. The number of benzene rings is 1. The van der Waals surface area contributed by atoms with Crippen LogP contribution in [0.5, 0.6) is 0 Å². The van der Waals surface area contributed by atoms with E-state index in [0.29, 0.717) is 58.1 Å². The quantitative estimate of drug-likeness (QED) is 0.391. The molecule has 2 atom stereocenters. The molecule has 180 valence electrons. The SMILES string of the molecule is NC(=O)C1CCC(n2c(Nc3c(Cl)cccc3Cl)nc3cnc(N[C@@H]4CC[C@@H](O)C4)nc32)CC1. The maximum absolute atomic E-state index is 11.7. The van der Waals surface area contributed by atoms with Gasteiger partial charge in [0.1, 0.15) is 5.52 Å². The number of carbonyl (C=O) groups is 1. The Labute approximate surface area is 207 Å². The number of imidazole rings is 1. The number of halogens is 2. The fourth-order valence-electron chi connectivity index (χ4n) is 5.01. The van der Waals surface area contributed by atoms with Crippen molar-refractivity contribution in [2.24, 2.45) is 11.7 Å². The van der Waals surface area contributed by atoms with E-state index >= 15 is 0 Å². The molecule has 0 bridgehead atoms. The number of primary amides is 1. The van der Waals surface area contributed by atoms with Gasteiger partial charge in [-0.15, -0.1) is 0 Å². The van der Waals surface area contributed by atoms with Crippen LogP contribution in [-0.4, -0.2) is 42.7 Å². The van der Waals surface area contributed by atoms with Crippen LogP contribution in [0.2, 0.25) is 10.0 Å². The number of rotatable bonds is 6. The van der Waals surface area contributed by atoms with Crippen molar-refractivity contribution < 1.29 is 9.90 Å². The van der Waals surface area contributed by atoms with E-state index < -0.39 is 0 Å². The molecule has 34 heavy (non-hydrogen) atoms. The van der Waals surface area contributed by atoms with Crippen molar-refractivity contribution in [3.05, 3.63) is 34.4 Å². The summed E-state index contributed by atoms with van der Waals surface area (Å²) in [6.45, 7) is 0. The minimum absolute atomic E-state index is 0.0698. The third-order valence-corrected chi connectivity index (χ3v) is 7.46. The summed E-state index contributed by atoms with van der Waals surface area (Å²) in [6, 6.07) is 5.51. The summed E-state index contributed by atoms with van der Waals surface area (Å²) >= 11 is 12.8. The monoisotopic (exact) mass is 503 g/mol. The Morgan fingerprint density at radius 3 is 2.47 bits per heavy atom. The van der Waals surface area contributed by atoms with Gasteiger partial charge in [-0.05, 0) is 57.1 Å². The van der Waals surface area contributed by atoms with Crippen LogP contribution in [0.1, 0.15) is 51.0 Å². The van der Waals surface area contributed by atoms with Crippen molar-refractivity contribution in [2.45, 2.75) is 63.1 Å². The number of amides is 1. The first-order valence-corrected chi connectivity index (χ1v) is 12.3. The number of nitrogens with zero attached hydrogens (tertiary/aromatic N) is 4. The van der Waals surface area contributed by atoms with Crippen LogP contribution in [0, 0.1) is 5.92 Å². The van der Waals surface area contributed by atoms with Gasteiger partial charge in [0.15, 0.2) is 5.65 Å². The molecule has 2 fully saturated rings. The second-order valence-corrected chi connectivity index (χ2v) is 9.96. The lowest BCUT2D eigenvalue weighted by Gasteiger charge is -2.29. The van der Waals surface area contributed by atoms with E-state index in [0.717, 1.165) is 25.7 Å². The number of nitrogens with one attached hydrogen (secondary N) is 2. The van der Waals surface area contributed by atoms with E-state index in [1.165, 1.54) is 0 Å². The Balaban J connectivity index is 1.52. The van der Waals surface area contributed by atoms with Gasteiger partial charge in [0.25, 0.3) is 0 Å². The highest BCUT2D eigenvalue weighted by molar-refractivity contribution is 6.39. The van der Waals surface area contributed by atoms with Crippen LogP contribution in [0.3, 0.4) is 0 Å². The number of hydrogen-bond acceptors (Lipinski definition) is 7. The highest BCUT2D eigenvalue weighted by atomic mass is 35.5. The van der Waals surface area contributed by atoms with E-state index in [1.54, 1.807) is 24.4 Å². The smallest absolute Gasteiger partial charge is 0.224 e. The van der Waals surface area contributed by atoms with Gasteiger partial charge in [-0.2, -0.15) is 4.98 Å². The van der Waals surface area contributed by atoms with E-state index in [2.05, 4.69) is 20.2 Å². The molecule has 2 heterocycles. The molecule has 0 radical (unpaired) electrons. The molecule has 11 heteroatoms. The normalized spacial score (nSPS) is 24.9. The fourth-order valence-corrected chi connectivity index (χ4v) is 5.51. The maximum Gasteiger partial charge on any atom is 0.224 e. The predicted octanol–water partition coefficient (Wildman–Crippen LogP) is 4.42. The van der Waals surface area contributed by atoms with Gasteiger partial charge >= 0.3 is 0 Å². The van der Waals surface area contributed by atoms with Crippen LogP contribution in [0.4, 0.5) is 17.6 Å². The molecule has 2 aromatic heterocycles. The number of anilines is 3. The van der Waals surface area contributed by atoms with Gasteiger partial charge in [0.05, 0.1) is 28.0 Å². The second-order valence-electron chi connectivity index (χ2n) is 9.15. The van der Waals surface area contributed by atoms with Crippen LogP contribution in [0.15, 0.2) is 24.4 Å². The molecule has 0 aliphatic heterocycles. The molecule has 0 saturated heterocycles. The summed E-state index contributed by atoms with van der Waals surface area (Å²) in [5.41, 5.74) is 7.44. The summed E-state index contributed by atoms with van der Waals surface area (Å²) in [5, 5.41) is 17.5. The largest absolute Gasteiger partial charge is 0.393 e. The summed E-state index contributed by atoms with van der Waals surface area (Å²) in [4.78, 5) is 25.7. The third kappa shape index (κ3) is 4.64. The fraction of sp³-hybridized carbons (Fsp3) is 0.478. The van der Waals surface area contributed by atoms with Crippen molar-refractivity contribution in [3.63, 3.8) is 0 Å². The molecule has 9 nitrogen and oxygen atoms in total. The molecular formula is C23H27Cl2N7O2. The lowest BCUT2D eigenvalue weighted by Crippen LogP contribution is -2.28. The summed E-state index contributed by atoms with van der Waals surface area (Å²) in [6.07, 6.45) is 6.69. The number of nitrogens with two attached hydrogens (primary N) is 1. The Morgan fingerprint density at radius 2 is 1.82 bits per heavy atom. The number of para-hydroxylation sites is 1. The average Bonchev–Trinajstić information content (AvgIpc) is 3.38. The standard InChI is InChI=1S/C23H27Cl2N7O2/c24-16-2-1-3-17(25)19(16)30-23-29-18-11-27-22(28-13-6-9-15(33)10-13)31-21(18)32(23)14-7-4-12(5-8-14)20(26)34/h1-3,11-15,33H,4-10H2,(H2,26,34)(H,29,30)(H,27,28,31)/t12?,13-,14?,15-/m1/s1. The molecule has 1 aromatic carbocycles. The zero-order chi connectivity index (χ0) is 23.8. The molecule has 5 rings (SSSR count). The number of fused-ring (bicyclic) bond motifs is 1. The highest BCUT2D eigenvalue weighted by Gasteiger charge is 2.30. The lowest BCUT2D eigenvalue weighted by molar-refractivity contribution is -0.122. The van der Waals surface area contributed by atoms with E-state index in [1.807, 2.05) is 0 Å². The molecule has 0 unspecified atom stereocenters. The third-order valence-electron chi connectivity index (χ3n) is 6.83. The molecule has 2 saturated carbocycles. The molecule has 1 amide bonds. The summed E-state index contributed by atoms with van der Waals surface area (Å²) in [7, 11) is 0. The van der Waals surface area contributed by atoms with E-state index in [9.17, 15) is 9.90 Å². The zero-order valence-corrected chi connectivity index (χ0v) is 20.1. The molecule has 3 aromatic rings. The van der Waals surface area contributed by atoms with Crippen molar-refractivity contribution >= 4 is 57.9 Å². The molecular weight excluding hydrogens is 477 g/mol. The van der Waals surface area contributed by atoms with Crippen LogP contribution in [0.25, 0.3) is 11.2 Å². The number of aromatic nitrogens is 4. The van der Waals surface area contributed by atoms with Crippen molar-refractivity contribution in [3.8, 4) is 0 Å². The van der Waals surface area contributed by atoms with Gasteiger partial charge in [-0.3, -0.25) is 9.36 Å². The number of aliphatic hydroxyl groups is 1. The van der Waals surface area contributed by atoms with Crippen molar-refractivity contribution in [1.29, 1.82) is 0 Å². The average molecular weight is 504 g/mol. The minimum Gasteiger partial charge on any atom is -0.393 e.